The van der Waals surface area contributed by atoms with Crippen molar-refractivity contribution in [2.45, 2.75) is 32.6 Å². The van der Waals surface area contributed by atoms with E-state index >= 15 is 0 Å². The molecule has 11 heteroatoms. The highest BCUT2D eigenvalue weighted by atomic mass is 16.5. The average Bonchev–Trinajstić information content (AvgIpc) is 2.71. The molecule has 0 fully saturated rings. The highest BCUT2D eigenvalue weighted by molar-refractivity contribution is 6.06. The van der Waals surface area contributed by atoms with Gasteiger partial charge in [0.1, 0.15) is 11.6 Å². The number of anilines is 2. The van der Waals surface area contributed by atoms with Crippen LogP contribution in [-0.4, -0.2) is 40.9 Å². The van der Waals surface area contributed by atoms with Gasteiger partial charge in [0.2, 0.25) is 5.91 Å². The summed E-state index contributed by atoms with van der Waals surface area (Å²) in [4.78, 5) is 35.0. The van der Waals surface area contributed by atoms with E-state index in [1.54, 1.807) is 6.92 Å². The number of hydrogen-bond acceptors (Lipinski definition) is 8. The molecule has 2 aromatic rings. The third-order valence-corrected chi connectivity index (χ3v) is 4.29. The molecule has 11 nitrogen and oxygen atoms in total. The predicted molar refractivity (Wildman–Crippen MR) is 118 cm³/mol. The van der Waals surface area contributed by atoms with Crippen molar-refractivity contribution >= 4 is 29.4 Å². The van der Waals surface area contributed by atoms with Gasteiger partial charge in [-0.3, -0.25) is 19.9 Å². The molecule has 1 heterocycles. The fourth-order valence-electron chi connectivity index (χ4n) is 2.59. The molecule has 0 atom stereocenters. The average molecular weight is 428 g/mol. The summed E-state index contributed by atoms with van der Waals surface area (Å²) in [5.74, 6) is -0.207. The third kappa shape index (κ3) is 7.80. The lowest BCUT2D eigenvalue weighted by atomic mass is 10.1. The number of carbonyl (C=O) groups excluding carboxylic acids is 2. The van der Waals surface area contributed by atoms with Gasteiger partial charge >= 0.3 is 0 Å². The first-order valence-corrected chi connectivity index (χ1v) is 9.77. The Morgan fingerprint density at radius 1 is 1.06 bits per heavy atom. The number of primary amides is 1. The molecule has 1 aromatic carbocycles. The summed E-state index contributed by atoms with van der Waals surface area (Å²) >= 11 is 0. The molecule has 0 unspecified atom stereocenters. The van der Waals surface area contributed by atoms with Crippen LogP contribution in [0.1, 0.15) is 41.0 Å². The van der Waals surface area contributed by atoms with E-state index < -0.39 is 11.8 Å². The number of guanidine groups is 1. The molecule has 2 rings (SSSR count). The van der Waals surface area contributed by atoms with Crippen LogP contribution >= 0.6 is 0 Å². The van der Waals surface area contributed by atoms with Crippen molar-refractivity contribution in [2.24, 2.45) is 16.5 Å². The van der Waals surface area contributed by atoms with Gasteiger partial charge in [0.15, 0.2) is 17.5 Å². The number of aromatic nitrogens is 2. The van der Waals surface area contributed by atoms with Crippen LogP contribution in [0.5, 0.6) is 5.75 Å². The summed E-state index contributed by atoms with van der Waals surface area (Å²) < 4.78 is 5.44. The van der Waals surface area contributed by atoms with Gasteiger partial charge in [-0.25, -0.2) is 9.97 Å². The lowest BCUT2D eigenvalue weighted by Gasteiger charge is -2.08. The van der Waals surface area contributed by atoms with Crippen molar-refractivity contribution in [3.63, 3.8) is 0 Å². The number of nitrogens with one attached hydrogen (secondary N) is 1. The highest BCUT2D eigenvalue weighted by Crippen LogP contribution is 2.14. The minimum atomic E-state index is -0.590. The number of amides is 2. The Morgan fingerprint density at radius 3 is 2.45 bits per heavy atom. The molecule has 0 radical (unpaired) electrons. The largest absolute Gasteiger partial charge is 0.493 e. The van der Waals surface area contributed by atoms with E-state index in [1.807, 2.05) is 24.3 Å². The first-order chi connectivity index (χ1) is 14.8. The molecule has 0 saturated heterocycles. The second-order valence-corrected chi connectivity index (χ2v) is 6.82. The Labute approximate surface area is 180 Å². The third-order valence-electron chi connectivity index (χ3n) is 4.29. The van der Waals surface area contributed by atoms with Crippen molar-refractivity contribution < 1.29 is 14.3 Å². The van der Waals surface area contributed by atoms with Crippen LogP contribution in [0.3, 0.4) is 0 Å². The second-order valence-electron chi connectivity index (χ2n) is 6.82. The van der Waals surface area contributed by atoms with Crippen LogP contribution in [0.4, 0.5) is 11.6 Å². The van der Waals surface area contributed by atoms with Crippen LogP contribution in [0.2, 0.25) is 0 Å². The van der Waals surface area contributed by atoms with Gasteiger partial charge < -0.3 is 27.7 Å². The molecule has 31 heavy (non-hydrogen) atoms. The molecule has 0 bridgehead atoms. The monoisotopic (exact) mass is 428 g/mol. The van der Waals surface area contributed by atoms with Gasteiger partial charge in [-0.2, -0.15) is 0 Å². The molecule has 0 aliphatic heterocycles. The quantitative estimate of drug-likeness (QED) is 0.202. The molecule has 0 aliphatic rings. The topological polar surface area (TPSA) is 198 Å². The van der Waals surface area contributed by atoms with E-state index in [0.717, 1.165) is 24.8 Å². The summed E-state index contributed by atoms with van der Waals surface area (Å²) in [7, 11) is 0. The standard InChI is InChI=1S/C20H28N8O3/c1-12-17(22)27-18(23)16(26-12)19(30)28-20(24)25-10-3-2-4-13-5-7-14(8-6-13)31-11-9-15(21)29/h5-8H,2-4,9-11H2,1H3,(H2,21,29)(H4,22,23,27)(H3,24,25,28,30). The highest BCUT2D eigenvalue weighted by Gasteiger charge is 2.15. The normalized spacial score (nSPS) is 11.2. The van der Waals surface area contributed by atoms with Crippen molar-refractivity contribution in [1.82, 2.24) is 15.3 Å². The summed E-state index contributed by atoms with van der Waals surface area (Å²) in [6, 6.07) is 7.65. The first-order valence-electron chi connectivity index (χ1n) is 9.77. The molecule has 0 spiro atoms. The number of benzene rings is 1. The van der Waals surface area contributed by atoms with Gasteiger partial charge in [0, 0.05) is 6.54 Å². The van der Waals surface area contributed by atoms with E-state index in [-0.39, 0.29) is 36.3 Å². The van der Waals surface area contributed by atoms with E-state index in [2.05, 4.69) is 20.3 Å². The number of hydrogen-bond donors (Lipinski definition) is 5. The molecule has 1 aromatic heterocycles. The van der Waals surface area contributed by atoms with Gasteiger partial charge in [-0.1, -0.05) is 12.1 Å². The second kappa shape index (κ2) is 11.3. The SMILES string of the molecule is Cc1nc(C(=O)NC(N)=NCCCCc2ccc(OCCC(N)=O)cc2)c(N)nc1N. The van der Waals surface area contributed by atoms with Crippen LogP contribution in [0.25, 0.3) is 0 Å². The van der Waals surface area contributed by atoms with Crippen LogP contribution in [0, 0.1) is 6.92 Å². The van der Waals surface area contributed by atoms with E-state index in [4.69, 9.17) is 27.7 Å². The minimum Gasteiger partial charge on any atom is -0.493 e. The lowest BCUT2D eigenvalue weighted by Crippen LogP contribution is -2.38. The Bertz CT molecular complexity index is 944. The first kappa shape index (κ1) is 23.4. The Kier molecular flexibility index (Phi) is 8.55. The van der Waals surface area contributed by atoms with E-state index in [0.29, 0.717) is 18.0 Å². The minimum absolute atomic E-state index is 0.0156. The number of nitrogen functional groups attached to an aromatic ring is 2. The van der Waals surface area contributed by atoms with E-state index in [1.165, 1.54) is 0 Å². The van der Waals surface area contributed by atoms with Crippen molar-refractivity contribution in [3.8, 4) is 5.75 Å². The fraction of sp³-hybridized carbons (Fsp3) is 0.350. The Hall–Kier alpha value is -3.89. The number of aryl methyl sites for hydroxylation is 2. The van der Waals surface area contributed by atoms with Crippen LogP contribution < -0.4 is 33.0 Å². The summed E-state index contributed by atoms with van der Waals surface area (Å²) in [6.45, 7) is 2.35. The van der Waals surface area contributed by atoms with Gasteiger partial charge in [0.05, 0.1) is 18.7 Å². The summed E-state index contributed by atoms with van der Waals surface area (Å²) in [5.41, 5.74) is 23.6. The molecular weight excluding hydrogens is 400 g/mol. The summed E-state index contributed by atoms with van der Waals surface area (Å²) in [6.07, 6.45) is 2.73. The zero-order valence-electron chi connectivity index (χ0n) is 17.4. The number of rotatable bonds is 10. The molecule has 0 saturated carbocycles. The Balaban J connectivity index is 1.72. The zero-order chi connectivity index (χ0) is 22.8. The molecular formula is C20H28N8O3. The predicted octanol–water partition coefficient (Wildman–Crippen LogP) is 0.271. The molecule has 9 N–H and O–H groups in total. The number of nitrogens with zero attached hydrogens (tertiary/aromatic N) is 3. The number of carbonyl (C=O) groups is 2. The van der Waals surface area contributed by atoms with Crippen LogP contribution in [-0.2, 0) is 11.2 Å². The van der Waals surface area contributed by atoms with Crippen molar-refractivity contribution in [2.75, 3.05) is 24.6 Å². The number of unbranched alkanes of at least 4 members (excludes halogenated alkanes) is 1. The smallest absolute Gasteiger partial charge is 0.280 e. The van der Waals surface area contributed by atoms with Gasteiger partial charge in [-0.15, -0.1) is 0 Å². The summed E-state index contributed by atoms with van der Waals surface area (Å²) in [5, 5.41) is 2.44. The van der Waals surface area contributed by atoms with Gasteiger partial charge in [-0.05, 0) is 43.9 Å². The molecule has 0 aliphatic carbocycles. The van der Waals surface area contributed by atoms with Crippen molar-refractivity contribution in [3.05, 3.63) is 41.2 Å². The number of aliphatic imine (C=N–C) groups is 1. The lowest BCUT2D eigenvalue weighted by molar-refractivity contribution is -0.118. The maximum absolute atomic E-state index is 12.2. The molecule has 2 amide bonds. The zero-order valence-corrected chi connectivity index (χ0v) is 17.4. The number of nitrogens with two attached hydrogens (primary N) is 4. The fourth-order valence-corrected chi connectivity index (χ4v) is 2.59. The Morgan fingerprint density at radius 2 is 1.77 bits per heavy atom. The van der Waals surface area contributed by atoms with Crippen LogP contribution in [0.15, 0.2) is 29.3 Å². The van der Waals surface area contributed by atoms with E-state index in [9.17, 15) is 9.59 Å². The van der Waals surface area contributed by atoms with Gasteiger partial charge in [0.25, 0.3) is 5.91 Å². The maximum atomic E-state index is 12.2. The number of ether oxygens (including phenoxy) is 1. The van der Waals surface area contributed by atoms with Crippen molar-refractivity contribution in [1.29, 1.82) is 0 Å². The molecule has 166 valence electrons. The maximum Gasteiger partial charge on any atom is 0.280 e.